The second-order valence-electron chi connectivity index (χ2n) is 10.5. The number of ether oxygens (including phenoxy) is 2. The number of hydrogen-bond acceptors (Lipinski definition) is 6. The van der Waals surface area contributed by atoms with Gasteiger partial charge in [-0.25, -0.2) is 4.79 Å². The van der Waals surface area contributed by atoms with Gasteiger partial charge in [0.05, 0.1) is 18.2 Å². The lowest BCUT2D eigenvalue weighted by Crippen LogP contribution is -2.47. The maximum atomic E-state index is 12.5. The molecule has 2 aliphatic heterocycles. The summed E-state index contributed by atoms with van der Waals surface area (Å²) in [6.07, 6.45) is 5.25. The fourth-order valence-electron chi connectivity index (χ4n) is 4.98. The first-order valence-electron chi connectivity index (χ1n) is 13.3. The molecule has 2 aromatic rings. The molecule has 3 N–H and O–H groups in total. The Morgan fingerprint density at radius 2 is 1.80 bits per heavy atom. The van der Waals surface area contributed by atoms with Crippen molar-refractivity contribution in [1.82, 2.24) is 20.1 Å². The van der Waals surface area contributed by atoms with Crippen molar-refractivity contribution in [3.8, 4) is 11.6 Å². The zero-order chi connectivity index (χ0) is 24.6. The Hall–Kier alpha value is -2.29. The largest absolute Gasteiger partial charge is 0.493 e. The predicted molar refractivity (Wildman–Crippen MR) is 138 cm³/mol. The molecule has 35 heavy (non-hydrogen) atoms. The summed E-state index contributed by atoms with van der Waals surface area (Å²) in [6.45, 7) is 11.1. The highest BCUT2D eigenvalue weighted by Crippen LogP contribution is 2.29. The molecule has 194 valence electrons. The number of benzene rings is 1. The van der Waals surface area contributed by atoms with E-state index < -0.39 is 6.09 Å². The van der Waals surface area contributed by atoms with Crippen LogP contribution in [-0.4, -0.2) is 84.0 Å². The average molecular weight is 487 g/mol. The van der Waals surface area contributed by atoms with Gasteiger partial charge in [-0.15, -0.1) is 0 Å². The summed E-state index contributed by atoms with van der Waals surface area (Å²) < 4.78 is 11.6. The maximum absolute atomic E-state index is 12.5. The van der Waals surface area contributed by atoms with Crippen molar-refractivity contribution < 1.29 is 19.4 Å². The Balaban J connectivity index is 1.19. The third-order valence-electron chi connectivity index (χ3n) is 7.18. The molecule has 8 heteroatoms. The fourth-order valence-corrected chi connectivity index (χ4v) is 4.98. The number of carbonyl (C=O) groups excluding carboxylic acids is 1. The van der Waals surface area contributed by atoms with Gasteiger partial charge in [0, 0.05) is 56.8 Å². The molecule has 1 aromatic carbocycles. The van der Waals surface area contributed by atoms with E-state index in [0.29, 0.717) is 18.4 Å². The molecule has 0 aliphatic carbocycles. The van der Waals surface area contributed by atoms with Gasteiger partial charge in [-0.1, -0.05) is 19.9 Å². The van der Waals surface area contributed by atoms with Gasteiger partial charge in [0.2, 0.25) is 5.88 Å². The molecule has 2 saturated heterocycles. The van der Waals surface area contributed by atoms with E-state index in [1.807, 2.05) is 24.3 Å². The van der Waals surface area contributed by atoms with Crippen molar-refractivity contribution in [2.75, 3.05) is 45.9 Å². The van der Waals surface area contributed by atoms with E-state index in [1.54, 1.807) is 0 Å². The van der Waals surface area contributed by atoms with Crippen LogP contribution in [0.4, 0.5) is 4.79 Å². The van der Waals surface area contributed by atoms with E-state index in [9.17, 15) is 9.90 Å². The number of aliphatic hydroxyl groups excluding tert-OH is 1. The van der Waals surface area contributed by atoms with Crippen molar-refractivity contribution in [3.63, 3.8) is 0 Å². The summed E-state index contributed by atoms with van der Waals surface area (Å²) in [7, 11) is 0. The van der Waals surface area contributed by atoms with E-state index in [1.165, 1.54) is 0 Å². The minimum atomic E-state index is -0.415. The lowest BCUT2D eigenvalue weighted by molar-refractivity contribution is 0.0739. The highest BCUT2D eigenvalue weighted by Gasteiger charge is 2.23. The summed E-state index contributed by atoms with van der Waals surface area (Å²) in [5.41, 5.74) is 0.894. The highest BCUT2D eigenvalue weighted by molar-refractivity contribution is 5.88. The van der Waals surface area contributed by atoms with Gasteiger partial charge in [0.25, 0.3) is 0 Å². The Labute approximate surface area is 208 Å². The highest BCUT2D eigenvalue weighted by atomic mass is 16.6. The van der Waals surface area contributed by atoms with Crippen LogP contribution in [0, 0.1) is 5.92 Å². The maximum Gasteiger partial charge on any atom is 0.414 e. The number of rotatable bonds is 10. The summed E-state index contributed by atoms with van der Waals surface area (Å²) in [4.78, 5) is 20.6. The molecule has 0 bridgehead atoms. The van der Waals surface area contributed by atoms with Gasteiger partial charge in [-0.2, -0.15) is 0 Å². The van der Waals surface area contributed by atoms with Crippen LogP contribution in [0.5, 0.6) is 11.6 Å². The number of fused-ring (bicyclic) bond motifs is 1. The summed E-state index contributed by atoms with van der Waals surface area (Å²) in [5.74, 6) is 1.91. The SMILES string of the molecule is CC(C)CCCOc1cccc2[nH]c(OC(=O)NC3CCN(CCN4CCC(O)CC4)CC3)cc12. The first kappa shape index (κ1) is 25.8. The van der Waals surface area contributed by atoms with Gasteiger partial charge in [0.15, 0.2) is 0 Å². The van der Waals surface area contributed by atoms with Crippen LogP contribution in [0.1, 0.15) is 52.4 Å². The number of aromatic amines is 1. The minimum absolute atomic E-state index is 0.118. The van der Waals surface area contributed by atoms with Crippen LogP contribution < -0.4 is 14.8 Å². The van der Waals surface area contributed by atoms with Gasteiger partial charge >= 0.3 is 6.09 Å². The lowest BCUT2D eigenvalue weighted by atomic mass is 10.1. The molecule has 1 aromatic heterocycles. The smallest absolute Gasteiger partial charge is 0.414 e. The van der Waals surface area contributed by atoms with Gasteiger partial charge in [-0.05, 0) is 56.6 Å². The number of H-pyrrole nitrogens is 1. The van der Waals surface area contributed by atoms with Gasteiger partial charge < -0.3 is 34.7 Å². The van der Waals surface area contributed by atoms with E-state index in [-0.39, 0.29) is 12.1 Å². The summed E-state index contributed by atoms with van der Waals surface area (Å²) >= 11 is 0. The standard InChI is InChI=1S/C27H42N4O4/c1-20(2)5-4-18-34-25-7-3-6-24-23(25)19-26(29-24)35-27(33)28-21-8-12-30(13-9-21)16-17-31-14-10-22(32)11-15-31/h3,6-7,19-22,29,32H,4-5,8-18H2,1-2H3,(H,28,33). The number of nitrogens with one attached hydrogen (secondary N) is 2. The summed E-state index contributed by atoms with van der Waals surface area (Å²) in [6, 6.07) is 7.84. The molecule has 2 fully saturated rings. The molecule has 2 aliphatic rings. The number of aromatic nitrogens is 1. The molecule has 0 saturated carbocycles. The molecule has 0 spiro atoms. The Bertz CT molecular complexity index is 930. The molecular weight excluding hydrogens is 444 g/mol. The number of hydrogen-bond donors (Lipinski definition) is 3. The Kier molecular flexibility index (Phi) is 9.29. The van der Waals surface area contributed by atoms with Crippen molar-refractivity contribution >= 4 is 17.0 Å². The lowest BCUT2D eigenvalue weighted by Gasteiger charge is -2.35. The van der Waals surface area contributed by atoms with E-state index in [4.69, 9.17) is 9.47 Å². The van der Waals surface area contributed by atoms with Crippen LogP contribution in [0.2, 0.25) is 0 Å². The first-order valence-corrected chi connectivity index (χ1v) is 13.3. The second-order valence-corrected chi connectivity index (χ2v) is 10.5. The molecule has 0 radical (unpaired) electrons. The third kappa shape index (κ3) is 7.85. The Morgan fingerprint density at radius 1 is 1.11 bits per heavy atom. The van der Waals surface area contributed by atoms with E-state index in [0.717, 1.165) is 94.4 Å². The predicted octanol–water partition coefficient (Wildman–Crippen LogP) is 3.99. The number of likely N-dealkylation sites (tertiary alicyclic amines) is 2. The molecular formula is C27H42N4O4. The summed E-state index contributed by atoms with van der Waals surface area (Å²) in [5, 5.41) is 13.6. The van der Waals surface area contributed by atoms with E-state index >= 15 is 0 Å². The van der Waals surface area contributed by atoms with Crippen LogP contribution in [0.15, 0.2) is 24.3 Å². The molecule has 0 unspecified atom stereocenters. The molecule has 4 rings (SSSR count). The number of carbonyl (C=O) groups is 1. The number of nitrogens with zero attached hydrogens (tertiary/aromatic N) is 2. The van der Waals surface area contributed by atoms with Crippen LogP contribution in [0.3, 0.4) is 0 Å². The zero-order valence-corrected chi connectivity index (χ0v) is 21.3. The van der Waals surface area contributed by atoms with Crippen molar-refractivity contribution in [2.45, 2.75) is 64.5 Å². The molecule has 0 atom stereocenters. The molecule has 3 heterocycles. The number of aliphatic hydroxyl groups is 1. The average Bonchev–Trinajstić information content (AvgIpc) is 3.25. The number of piperidine rings is 2. The first-order chi connectivity index (χ1) is 17.0. The minimum Gasteiger partial charge on any atom is -0.493 e. The number of amides is 1. The van der Waals surface area contributed by atoms with Crippen molar-refractivity contribution in [1.29, 1.82) is 0 Å². The Morgan fingerprint density at radius 3 is 2.49 bits per heavy atom. The normalized spacial score (nSPS) is 18.9. The second kappa shape index (κ2) is 12.6. The molecule has 1 amide bonds. The van der Waals surface area contributed by atoms with Crippen LogP contribution >= 0.6 is 0 Å². The van der Waals surface area contributed by atoms with Crippen LogP contribution in [-0.2, 0) is 0 Å². The third-order valence-corrected chi connectivity index (χ3v) is 7.18. The topological polar surface area (TPSA) is 90.1 Å². The van der Waals surface area contributed by atoms with Crippen molar-refractivity contribution in [2.24, 2.45) is 5.92 Å². The fraction of sp³-hybridized carbons (Fsp3) is 0.667. The molecule has 8 nitrogen and oxygen atoms in total. The van der Waals surface area contributed by atoms with Gasteiger partial charge in [-0.3, -0.25) is 0 Å². The zero-order valence-electron chi connectivity index (χ0n) is 21.3. The van der Waals surface area contributed by atoms with Gasteiger partial charge in [0.1, 0.15) is 5.75 Å². The van der Waals surface area contributed by atoms with Crippen LogP contribution in [0.25, 0.3) is 10.9 Å². The van der Waals surface area contributed by atoms with E-state index in [2.05, 4.69) is 33.9 Å². The monoisotopic (exact) mass is 486 g/mol. The van der Waals surface area contributed by atoms with Crippen molar-refractivity contribution in [3.05, 3.63) is 24.3 Å². The quantitative estimate of drug-likeness (QED) is 0.440.